The summed E-state index contributed by atoms with van der Waals surface area (Å²) in [4.78, 5) is 26.2. The molecule has 1 fully saturated rings. The van der Waals surface area contributed by atoms with Crippen molar-refractivity contribution in [1.82, 2.24) is 10.2 Å². The Bertz CT molecular complexity index is 543. The van der Waals surface area contributed by atoms with Crippen molar-refractivity contribution in [2.75, 3.05) is 13.1 Å². The van der Waals surface area contributed by atoms with Gasteiger partial charge in [-0.3, -0.25) is 9.59 Å². The Kier molecular flexibility index (Phi) is 5.80. The van der Waals surface area contributed by atoms with E-state index in [1.54, 1.807) is 0 Å². The summed E-state index contributed by atoms with van der Waals surface area (Å²) in [5.41, 5.74) is 2.15. The van der Waals surface area contributed by atoms with Gasteiger partial charge in [-0.1, -0.05) is 43.7 Å². The average molecular weight is 316 g/mol. The van der Waals surface area contributed by atoms with Crippen LogP contribution in [0.25, 0.3) is 0 Å². The Morgan fingerprint density at radius 3 is 2.26 bits per heavy atom. The molecule has 1 aromatic carbocycles. The van der Waals surface area contributed by atoms with Gasteiger partial charge in [-0.15, -0.1) is 0 Å². The summed E-state index contributed by atoms with van der Waals surface area (Å²) >= 11 is 0. The summed E-state index contributed by atoms with van der Waals surface area (Å²) in [6.07, 6.45) is 1.50. The molecule has 1 heterocycles. The summed E-state index contributed by atoms with van der Waals surface area (Å²) in [5, 5.41) is 2.92. The molecule has 0 saturated carbocycles. The Hall–Kier alpha value is -1.84. The van der Waals surface area contributed by atoms with Crippen LogP contribution < -0.4 is 5.32 Å². The third-order valence-corrected chi connectivity index (χ3v) is 4.46. The lowest BCUT2D eigenvalue weighted by Crippen LogP contribution is -2.44. The number of nitrogens with one attached hydrogen (secondary N) is 1. The maximum Gasteiger partial charge on any atom is 0.225 e. The number of carbonyl (C=O) groups excluding carboxylic acids is 2. The van der Waals surface area contributed by atoms with Crippen LogP contribution in [-0.2, 0) is 9.59 Å². The molecule has 1 aliphatic rings. The van der Waals surface area contributed by atoms with Crippen molar-refractivity contribution in [2.45, 2.75) is 46.6 Å². The molecule has 126 valence electrons. The van der Waals surface area contributed by atoms with Crippen LogP contribution in [0.5, 0.6) is 0 Å². The molecule has 2 rings (SSSR count). The molecule has 1 N–H and O–H groups in total. The number of benzene rings is 1. The molecular formula is C19H28N2O2. The summed E-state index contributed by atoms with van der Waals surface area (Å²) < 4.78 is 0. The van der Waals surface area contributed by atoms with E-state index in [-0.39, 0.29) is 17.9 Å². The number of aryl methyl sites for hydroxylation is 1. The number of rotatable bonds is 4. The molecule has 0 unspecified atom stereocenters. The van der Waals surface area contributed by atoms with E-state index in [4.69, 9.17) is 0 Å². The van der Waals surface area contributed by atoms with Gasteiger partial charge in [0.25, 0.3) is 0 Å². The zero-order valence-electron chi connectivity index (χ0n) is 14.6. The van der Waals surface area contributed by atoms with Gasteiger partial charge in [0, 0.05) is 20.0 Å². The highest BCUT2D eigenvalue weighted by Crippen LogP contribution is 2.24. The number of likely N-dealkylation sites (tertiary alicyclic amines) is 1. The van der Waals surface area contributed by atoms with Crippen LogP contribution in [-0.4, -0.2) is 29.8 Å². The third-order valence-electron chi connectivity index (χ3n) is 4.46. The monoisotopic (exact) mass is 316 g/mol. The molecule has 0 spiro atoms. The van der Waals surface area contributed by atoms with Crippen LogP contribution in [0.4, 0.5) is 0 Å². The first-order chi connectivity index (χ1) is 10.8. The lowest BCUT2D eigenvalue weighted by molar-refractivity contribution is -0.134. The molecule has 1 saturated heterocycles. The fourth-order valence-corrected chi connectivity index (χ4v) is 3.47. The molecule has 3 atom stereocenters. The Balaban J connectivity index is 2.09. The van der Waals surface area contributed by atoms with E-state index in [0.717, 1.165) is 18.7 Å². The van der Waals surface area contributed by atoms with Gasteiger partial charge >= 0.3 is 0 Å². The second-order valence-corrected chi connectivity index (χ2v) is 7.11. The molecule has 0 bridgehead atoms. The van der Waals surface area contributed by atoms with Crippen molar-refractivity contribution in [3.05, 3.63) is 35.4 Å². The largest absolute Gasteiger partial charge is 0.349 e. The van der Waals surface area contributed by atoms with E-state index in [0.29, 0.717) is 18.3 Å². The minimum Gasteiger partial charge on any atom is -0.349 e. The minimum absolute atomic E-state index is 0.108. The van der Waals surface area contributed by atoms with E-state index >= 15 is 0 Å². The summed E-state index contributed by atoms with van der Waals surface area (Å²) in [6.45, 7) is 9.56. The van der Waals surface area contributed by atoms with Crippen molar-refractivity contribution in [3.63, 3.8) is 0 Å². The second-order valence-electron chi connectivity index (χ2n) is 7.11. The third kappa shape index (κ3) is 5.08. The van der Waals surface area contributed by atoms with E-state index in [1.165, 1.54) is 18.9 Å². The Morgan fingerprint density at radius 1 is 1.17 bits per heavy atom. The van der Waals surface area contributed by atoms with Gasteiger partial charge in [0.2, 0.25) is 11.8 Å². The standard InChI is InChI=1S/C19H28N2O2/c1-13-5-7-17(8-6-13)18(20-16(4)22)10-19(23)21-11-14(2)9-15(3)12-21/h5-8,14-15,18H,9-12H2,1-4H3,(H,20,22)/t14-,15-,18-/m1/s1. The summed E-state index contributed by atoms with van der Waals surface area (Å²) in [6, 6.07) is 7.75. The van der Waals surface area contributed by atoms with E-state index < -0.39 is 0 Å². The number of piperidine rings is 1. The number of amides is 2. The minimum atomic E-state index is -0.256. The van der Waals surface area contributed by atoms with Crippen molar-refractivity contribution in [1.29, 1.82) is 0 Å². The van der Waals surface area contributed by atoms with E-state index in [2.05, 4.69) is 19.2 Å². The molecule has 1 aliphatic heterocycles. The lowest BCUT2D eigenvalue weighted by atomic mass is 9.91. The smallest absolute Gasteiger partial charge is 0.225 e. The molecule has 0 aromatic heterocycles. The predicted octanol–water partition coefficient (Wildman–Crippen LogP) is 3.07. The SMILES string of the molecule is CC(=O)N[C@H](CC(=O)N1C[C@H](C)C[C@@H](C)C1)c1ccc(C)cc1. The molecule has 4 nitrogen and oxygen atoms in total. The first-order valence-electron chi connectivity index (χ1n) is 8.46. The molecule has 2 amide bonds. The average Bonchev–Trinajstić information content (AvgIpc) is 2.45. The first-order valence-corrected chi connectivity index (χ1v) is 8.46. The predicted molar refractivity (Wildman–Crippen MR) is 91.9 cm³/mol. The normalized spacial score (nSPS) is 22.5. The van der Waals surface area contributed by atoms with Crippen molar-refractivity contribution in [3.8, 4) is 0 Å². The van der Waals surface area contributed by atoms with Gasteiger partial charge in [-0.05, 0) is 30.7 Å². The van der Waals surface area contributed by atoms with E-state index in [9.17, 15) is 9.59 Å². The number of carbonyl (C=O) groups is 2. The first kappa shape index (κ1) is 17.5. The highest BCUT2D eigenvalue weighted by atomic mass is 16.2. The lowest BCUT2D eigenvalue weighted by Gasteiger charge is -2.36. The van der Waals surface area contributed by atoms with Crippen LogP contribution in [0.2, 0.25) is 0 Å². The van der Waals surface area contributed by atoms with Crippen molar-refractivity contribution < 1.29 is 9.59 Å². The zero-order chi connectivity index (χ0) is 17.0. The number of hydrogen-bond donors (Lipinski definition) is 1. The summed E-state index contributed by atoms with van der Waals surface area (Å²) in [5.74, 6) is 1.11. The molecule has 4 heteroatoms. The molecule has 0 aliphatic carbocycles. The van der Waals surface area contributed by atoms with Crippen molar-refractivity contribution >= 4 is 11.8 Å². The fraction of sp³-hybridized carbons (Fsp3) is 0.579. The number of hydrogen-bond acceptors (Lipinski definition) is 2. The quantitative estimate of drug-likeness (QED) is 0.928. The topological polar surface area (TPSA) is 49.4 Å². The van der Waals surface area contributed by atoms with E-state index in [1.807, 2.05) is 36.1 Å². The van der Waals surface area contributed by atoms with Crippen LogP contribution in [0.15, 0.2) is 24.3 Å². The van der Waals surface area contributed by atoms with Gasteiger partial charge in [0.05, 0.1) is 12.5 Å². The molecule has 23 heavy (non-hydrogen) atoms. The Labute approximate surface area is 139 Å². The molecule has 0 radical (unpaired) electrons. The van der Waals surface area contributed by atoms with Crippen LogP contribution >= 0.6 is 0 Å². The maximum absolute atomic E-state index is 12.7. The zero-order valence-corrected chi connectivity index (χ0v) is 14.6. The molecule has 1 aromatic rings. The highest BCUT2D eigenvalue weighted by Gasteiger charge is 2.27. The second kappa shape index (κ2) is 7.62. The van der Waals surface area contributed by atoms with Crippen LogP contribution in [0, 0.1) is 18.8 Å². The summed E-state index contributed by atoms with van der Waals surface area (Å²) in [7, 11) is 0. The number of nitrogens with zero attached hydrogens (tertiary/aromatic N) is 1. The maximum atomic E-state index is 12.7. The van der Waals surface area contributed by atoms with Crippen LogP contribution in [0.3, 0.4) is 0 Å². The van der Waals surface area contributed by atoms with Gasteiger partial charge in [-0.2, -0.15) is 0 Å². The van der Waals surface area contributed by atoms with Crippen LogP contribution in [0.1, 0.15) is 50.8 Å². The van der Waals surface area contributed by atoms with Gasteiger partial charge < -0.3 is 10.2 Å². The highest BCUT2D eigenvalue weighted by molar-refractivity contribution is 5.79. The van der Waals surface area contributed by atoms with Gasteiger partial charge in [0.1, 0.15) is 0 Å². The fourth-order valence-electron chi connectivity index (χ4n) is 3.47. The van der Waals surface area contributed by atoms with Gasteiger partial charge in [0.15, 0.2) is 0 Å². The van der Waals surface area contributed by atoms with Crippen molar-refractivity contribution in [2.24, 2.45) is 11.8 Å². The molecular weight excluding hydrogens is 288 g/mol. The van der Waals surface area contributed by atoms with Gasteiger partial charge in [-0.25, -0.2) is 0 Å². The Morgan fingerprint density at radius 2 is 1.74 bits per heavy atom.